The van der Waals surface area contributed by atoms with Crippen molar-refractivity contribution in [3.8, 4) is 6.07 Å². The Balaban J connectivity index is 2.15. The summed E-state index contributed by atoms with van der Waals surface area (Å²) in [5.74, 6) is 0. The summed E-state index contributed by atoms with van der Waals surface area (Å²) in [6.45, 7) is -0.505. The largest absolute Gasteiger partial charge is 0.394 e. The summed E-state index contributed by atoms with van der Waals surface area (Å²) in [6.07, 6.45) is -0.745. The summed E-state index contributed by atoms with van der Waals surface area (Å²) in [5, 5.41) is 49.6. The van der Waals surface area contributed by atoms with Crippen LogP contribution in [0.4, 0.5) is 0 Å². The second-order valence-electron chi connectivity index (χ2n) is 6.95. The molecule has 1 aromatic heterocycles. The fourth-order valence-corrected chi connectivity index (χ4v) is 4.15. The molecule has 8 heteroatoms. The Labute approximate surface area is 157 Å². The number of aryl methyl sites for hydroxylation is 1. The molecule has 4 N–H and O–H groups in total. The first-order chi connectivity index (χ1) is 12.5. The molecule has 0 amide bonds. The lowest BCUT2D eigenvalue weighted by Gasteiger charge is -2.42. The molecule has 2 aliphatic rings. The standard InChI is InChI=1S/C18H24N2O5S/c19-8-11-7-10-5-3-1-2-4-6-12(10)20(18(11)26)17-16(24)15(23)14(22)13(9-21)25-17/h7,13-17,21-24H,1-6,9H2/t13-,14+,15+,16+,17+/m0/s1. The molecule has 1 fully saturated rings. The number of nitrogens with zero attached hydrogens (tertiary/aromatic N) is 2. The first-order valence-corrected chi connectivity index (χ1v) is 9.38. The number of aliphatic hydroxyl groups excluding tert-OH is 4. The summed E-state index contributed by atoms with van der Waals surface area (Å²) < 4.78 is 7.55. The highest BCUT2D eigenvalue weighted by molar-refractivity contribution is 7.71. The number of ether oxygens (including phenoxy) is 1. The van der Waals surface area contributed by atoms with Crippen molar-refractivity contribution >= 4 is 12.2 Å². The predicted molar refractivity (Wildman–Crippen MR) is 94.9 cm³/mol. The predicted octanol–water partition coefficient (Wildman–Crippen LogP) is 0.721. The van der Waals surface area contributed by atoms with Crippen LogP contribution >= 0.6 is 12.2 Å². The number of rotatable bonds is 2. The van der Waals surface area contributed by atoms with Gasteiger partial charge < -0.3 is 29.7 Å². The quantitative estimate of drug-likeness (QED) is 0.558. The number of nitriles is 1. The molecule has 0 bridgehead atoms. The first-order valence-electron chi connectivity index (χ1n) is 8.97. The van der Waals surface area contributed by atoms with Gasteiger partial charge in [0.2, 0.25) is 0 Å². The van der Waals surface area contributed by atoms with Crippen LogP contribution in [0.1, 0.15) is 48.7 Å². The molecule has 2 heterocycles. The molecule has 7 nitrogen and oxygen atoms in total. The Morgan fingerprint density at radius 1 is 1.12 bits per heavy atom. The van der Waals surface area contributed by atoms with Crippen molar-refractivity contribution in [3.05, 3.63) is 27.5 Å². The van der Waals surface area contributed by atoms with E-state index in [1.165, 1.54) is 0 Å². The fourth-order valence-electron chi connectivity index (χ4n) is 3.83. The van der Waals surface area contributed by atoms with Gasteiger partial charge in [0.1, 0.15) is 35.1 Å². The fraction of sp³-hybridized carbons (Fsp3) is 0.667. The molecule has 5 atom stereocenters. The van der Waals surface area contributed by atoms with Crippen molar-refractivity contribution in [3.63, 3.8) is 0 Å². The lowest BCUT2D eigenvalue weighted by Crippen LogP contribution is -2.56. The summed E-state index contributed by atoms with van der Waals surface area (Å²) in [7, 11) is 0. The van der Waals surface area contributed by atoms with Gasteiger partial charge in [-0.15, -0.1) is 0 Å². The highest BCUT2D eigenvalue weighted by Gasteiger charge is 2.45. The van der Waals surface area contributed by atoms with Crippen molar-refractivity contribution in [2.75, 3.05) is 6.61 Å². The van der Waals surface area contributed by atoms with Crippen LogP contribution in [0.2, 0.25) is 0 Å². The summed E-state index contributed by atoms with van der Waals surface area (Å²) >= 11 is 5.47. The van der Waals surface area contributed by atoms with Crippen LogP contribution in [-0.2, 0) is 17.6 Å². The molecule has 0 aromatic carbocycles. The smallest absolute Gasteiger partial charge is 0.164 e. The van der Waals surface area contributed by atoms with Crippen LogP contribution in [-0.4, -0.2) is 56.0 Å². The maximum atomic E-state index is 10.5. The SMILES string of the molecule is N#Cc1cc2c(n([C@@H]3O[C@@H](CO)[C@@H](O)[C@@H](O)[C@H]3O)c1=S)CCCCCC2. The van der Waals surface area contributed by atoms with E-state index in [4.69, 9.17) is 17.0 Å². The van der Waals surface area contributed by atoms with E-state index < -0.39 is 37.3 Å². The van der Waals surface area contributed by atoms with Crippen molar-refractivity contribution in [2.45, 2.75) is 69.2 Å². The van der Waals surface area contributed by atoms with E-state index in [1.54, 1.807) is 4.57 Å². The minimum atomic E-state index is -1.48. The number of aromatic nitrogens is 1. The number of aliphatic hydroxyl groups is 4. The highest BCUT2D eigenvalue weighted by Crippen LogP contribution is 2.33. The van der Waals surface area contributed by atoms with E-state index in [0.717, 1.165) is 49.8 Å². The van der Waals surface area contributed by atoms with Gasteiger partial charge in [0.05, 0.1) is 12.2 Å². The maximum Gasteiger partial charge on any atom is 0.164 e. The number of pyridine rings is 1. The summed E-state index contributed by atoms with van der Waals surface area (Å²) in [6, 6.07) is 3.91. The van der Waals surface area contributed by atoms with Crippen molar-refractivity contribution in [2.24, 2.45) is 0 Å². The van der Waals surface area contributed by atoms with E-state index in [-0.39, 0.29) is 4.64 Å². The number of fused-ring (bicyclic) bond motifs is 1. The second-order valence-corrected chi connectivity index (χ2v) is 7.34. The average molecular weight is 380 g/mol. The van der Waals surface area contributed by atoms with Crippen LogP contribution in [0.3, 0.4) is 0 Å². The zero-order valence-corrected chi connectivity index (χ0v) is 15.2. The maximum absolute atomic E-state index is 10.5. The lowest BCUT2D eigenvalue weighted by molar-refractivity contribution is -0.252. The van der Waals surface area contributed by atoms with E-state index in [1.807, 2.05) is 6.07 Å². The van der Waals surface area contributed by atoms with E-state index in [2.05, 4.69) is 6.07 Å². The first kappa shape index (κ1) is 19.4. The molecule has 26 heavy (non-hydrogen) atoms. The van der Waals surface area contributed by atoms with Gasteiger partial charge in [0.25, 0.3) is 0 Å². The van der Waals surface area contributed by atoms with Gasteiger partial charge in [-0.25, -0.2) is 0 Å². The number of hydrogen-bond acceptors (Lipinski definition) is 7. The van der Waals surface area contributed by atoms with Gasteiger partial charge in [-0.3, -0.25) is 0 Å². The topological polar surface area (TPSA) is 119 Å². The van der Waals surface area contributed by atoms with Crippen LogP contribution in [0.5, 0.6) is 0 Å². The second kappa shape index (κ2) is 8.13. The monoisotopic (exact) mass is 380 g/mol. The third kappa shape index (κ3) is 3.43. The van der Waals surface area contributed by atoms with Crippen molar-refractivity contribution < 1.29 is 25.2 Å². The van der Waals surface area contributed by atoms with Gasteiger partial charge >= 0.3 is 0 Å². The molecule has 0 spiro atoms. The minimum Gasteiger partial charge on any atom is -0.394 e. The average Bonchev–Trinajstić information content (AvgIpc) is 2.62. The van der Waals surface area contributed by atoms with Gasteiger partial charge in [-0.2, -0.15) is 5.26 Å². The van der Waals surface area contributed by atoms with Crippen LogP contribution in [0.15, 0.2) is 6.07 Å². The zero-order valence-electron chi connectivity index (χ0n) is 14.4. The summed E-state index contributed by atoms with van der Waals surface area (Å²) in [5.41, 5.74) is 2.20. The molecule has 1 saturated heterocycles. The Bertz CT molecular complexity index is 757. The Hall–Kier alpha value is -1.34. The zero-order chi connectivity index (χ0) is 18.8. The van der Waals surface area contributed by atoms with E-state index in [9.17, 15) is 25.7 Å². The van der Waals surface area contributed by atoms with Gasteiger partial charge in [-0.05, 0) is 37.3 Å². The van der Waals surface area contributed by atoms with Crippen LogP contribution in [0, 0.1) is 16.0 Å². The van der Waals surface area contributed by atoms with Gasteiger partial charge in [-0.1, -0.05) is 25.1 Å². The molecule has 3 rings (SSSR count). The van der Waals surface area contributed by atoms with Crippen LogP contribution in [0.25, 0.3) is 0 Å². The summed E-state index contributed by atoms with van der Waals surface area (Å²) in [4.78, 5) is 0. The Morgan fingerprint density at radius 2 is 1.81 bits per heavy atom. The van der Waals surface area contributed by atoms with Crippen LogP contribution < -0.4 is 0 Å². The normalized spacial score (nSPS) is 32.2. The minimum absolute atomic E-state index is 0.233. The molecular formula is C18H24N2O5S. The third-order valence-electron chi connectivity index (χ3n) is 5.28. The highest BCUT2D eigenvalue weighted by atomic mass is 32.1. The molecule has 0 radical (unpaired) electrons. The molecule has 0 saturated carbocycles. The van der Waals surface area contributed by atoms with E-state index >= 15 is 0 Å². The third-order valence-corrected chi connectivity index (χ3v) is 5.70. The van der Waals surface area contributed by atoms with Crippen molar-refractivity contribution in [1.29, 1.82) is 5.26 Å². The van der Waals surface area contributed by atoms with Gasteiger partial charge in [0.15, 0.2) is 6.23 Å². The van der Waals surface area contributed by atoms with Gasteiger partial charge in [0, 0.05) is 5.69 Å². The number of hydrogen-bond donors (Lipinski definition) is 4. The molecule has 1 aliphatic carbocycles. The Morgan fingerprint density at radius 3 is 2.46 bits per heavy atom. The lowest BCUT2D eigenvalue weighted by atomic mass is 9.94. The molecule has 0 unspecified atom stereocenters. The Kier molecular flexibility index (Phi) is 6.07. The molecule has 1 aromatic rings. The van der Waals surface area contributed by atoms with Crippen molar-refractivity contribution in [1.82, 2.24) is 4.57 Å². The molecule has 1 aliphatic heterocycles. The van der Waals surface area contributed by atoms with E-state index in [0.29, 0.717) is 5.56 Å². The molecule has 142 valence electrons. The molecular weight excluding hydrogens is 356 g/mol.